The van der Waals surface area contributed by atoms with Crippen molar-refractivity contribution < 1.29 is 0 Å². The molecule has 0 N–H and O–H groups in total. The summed E-state index contributed by atoms with van der Waals surface area (Å²) in [5.41, 5.74) is 3.42. The second-order valence-electron chi connectivity index (χ2n) is 6.73. The van der Waals surface area contributed by atoms with Crippen molar-refractivity contribution in [3.05, 3.63) is 32.4 Å². The van der Waals surface area contributed by atoms with Gasteiger partial charge >= 0.3 is 0 Å². The number of rotatable bonds is 4. The summed E-state index contributed by atoms with van der Waals surface area (Å²) in [5.74, 6) is 1.43. The van der Waals surface area contributed by atoms with E-state index in [1.807, 2.05) is 22.7 Å². The quantitative estimate of drug-likeness (QED) is 0.548. The fourth-order valence-electron chi connectivity index (χ4n) is 3.81. The molecule has 20 heavy (non-hydrogen) atoms. The first-order valence-electron chi connectivity index (χ1n) is 7.32. The summed E-state index contributed by atoms with van der Waals surface area (Å²) < 4.78 is 1.28. The van der Waals surface area contributed by atoms with Crippen molar-refractivity contribution in [2.75, 3.05) is 0 Å². The molecular formula is C17H21BrS2. The average Bonchev–Trinajstić information content (AvgIpc) is 2.95. The molecule has 1 aliphatic rings. The van der Waals surface area contributed by atoms with Crippen LogP contribution in [0.5, 0.6) is 0 Å². The second kappa shape index (κ2) is 5.26. The number of hydrogen-bond donors (Lipinski definition) is 0. The van der Waals surface area contributed by atoms with E-state index in [9.17, 15) is 0 Å². The Labute approximate surface area is 138 Å². The van der Waals surface area contributed by atoms with Crippen LogP contribution in [0.15, 0.2) is 21.3 Å². The Bertz CT molecular complexity index is 609. The number of halogens is 1. The zero-order valence-corrected chi connectivity index (χ0v) is 15.7. The van der Waals surface area contributed by atoms with Crippen LogP contribution in [0.25, 0.3) is 9.75 Å². The van der Waals surface area contributed by atoms with Crippen LogP contribution in [-0.4, -0.2) is 0 Å². The third-order valence-corrected chi connectivity index (χ3v) is 6.83. The first kappa shape index (κ1) is 14.8. The molecule has 2 aromatic heterocycles. The van der Waals surface area contributed by atoms with E-state index in [2.05, 4.69) is 61.1 Å². The minimum atomic E-state index is 0.246. The molecule has 0 bridgehead atoms. The maximum Gasteiger partial charge on any atom is 0.0708 e. The van der Waals surface area contributed by atoms with Gasteiger partial charge in [-0.15, -0.1) is 22.7 Å². The molecule has 2 aromatic rings. The highest BCUT2D eigenvalue weighted by Gasteiger charge is 2.45. The molecule has 0 unspecified atom stereocenters. The number of thiophene rings is 2. The van der Waals surface area contributed by atoms with Gasteiger partial charge in [0, 0.05) is 15.2 Å². The molecule has 0 saturated carbocycles. The van der Waals surface area contributed by atoms with Gasteiger partial charge in [-0.25, -0.2) is 0 Å². The van der Waals surface area contributed by atoms with Crippen molar-refractivity contribution in [3.63, 3.8) is 0 Å². The van der Waals surface area contributed by atoms with Crippen molar-refractivity contribution in [2.45, 2.75) is 46.0 Å². The van der Waals surface area contributed by atoms with Crippen molar-refractivity contribution >= 4 is 38.6 Å². The third-order valence-electron chi connectivity index (χ3n) is 4.12. The van der Waals surface area contributed by atoms with Gasteiger partial charge in [-0.3, -0.25) is 0 Å². The van der Waals surface area contributed by atoms with Crippen LogP contribution in [0.1, 0.15) is 51.7 Å². The molecule has 0 aliphatic heterocycles. The van der Waals surface area contributed by atoms with E-state index < -0.39 is 0 Å². The molecule has 0 aromatic carbocycles. The van der Waals surface area contributed by atoms with E-state index in [0.29, 0.717) is 11.8 Å². The van der Waals surface area contributed by atoms with E-state index in [4.69, 9.17) is 0 Å². The Balaban J connectivity index is 2.22. The van der Waals surface area contributed by atoms with Crippen molar-refractivity contribution in [1.29, 1.82) is 0 Å². The minimum Gasteiger partial charge on any atom is -0.143 e. The molecule has 2 heterocycles. The lowest BCUT2D eigenvalue weighted by atomic mass is 9.69. The summed E-state index contributed by atoms with van der Waals surface area (Å²) >= 11 is 7.53. The lowest BCUT2D eigenvalue weighted by molar-refractivity contribution is 0.338. The van der Waals surface area contributed by atoms with Crippen LogP contribution < -0.4 is 0 Å². The molecule has 0 amide bonds. The van der Waals surface area contributed by atoms with E-state index in [1.54, 1.807) is 11.1 Å². The fourth-order valence-corrected chi connectivity index (χ4v) is 6.68. The Morgan fingerprint density at radius 3 is 2.30 bits per heavy atom. The van der Waals surface area contributed by atoms with Crippen LogP contribution in [0.3, 0.4) is 0 Å². The van der Waals surface area contributed by atoms with E-state index in [0.717, 1.165) is 0 Å². The highest BCUT2D eigenvalue weighted by atomic mass is 79.9. The molecule has 0 spiro atoms. The molecule has 0 atom stereocenters. The molecule has 108 valence electrons. The molecule has 1 aliphatic carbocycles. The standard InChI is InChI=1S/C17H21BrS2/c1-10(2)8-17(9-11(3)4)12-5-6-19-15(12)16-13(17)7-14(18)20-16/h5-7,10-11H,8-9H2,1-4H3. The zero-order chi connectivity index (χ0) is 14.5. The molecule has 0 nitrogen and oxygen atoms in total. The van der Waals surface area contributed by atoms with E-state index in [1.165, 1.54) is 26.4 Å². The monoisotopic (exact) mass is 368 g/mol. The Morgan fingerprint density at radius 1 is 1.05 bits per heavy atom. The minimum absolute atomic E-state index is 0.246. The summed E-state index contributed by atoms with van der Waals surface area (Å²) in [7, 11) is 0. The van der Waals surface area contributed by atoms with Gasteiger partial charge in [0.05, 0.1) is 3.79 Å². The maximum absolute atomic E-state index is 3.71. The summed E-state index contributed by atoms with van der Waals surface area (Å²) in [6, 6.07) is 4.77. The average molecular weight is 369 g/mol. The summed E-state index contributed by atoms with van der Waals surface area (Å²) in [5, 5.41) is 2.27. The van der Waals surface area contributed by atoms with Crippen LogP contribution in [0, 0.1) is 11.8 Å². The highest BCUT2D eigenvalue weighted by Crippen LogP contribution is 2.59. The third kappa shape index (κ3) is 2.22. The molecule has 3 rings (SSSR count). The Morgan fingerprint density at radius 2 is 1.70 bits per heavy atom. The van der Waals surface area contributed by atoms with Crippen LogP contribution >= 0.6 is 38.6 Å². The summed E-state index contributed by atoms with van der Waals surface area (Å²) in [6.45, 7) is 9.42. The molecular weight excluding hydrogens is 348 g/mol. The lowest BCUT2D eigenvalue weighted by Crippen LogP contribution is -2.28. The number of fused-ring (bicyclic) bond motifs is 3. The topological polar surface area (TPSA) is 0 Å². The Hall–Kier alpha value is -0.120. The number of hydrogen-bond acceptors (Lipinski definition) is 2. The Kier molecular flexibility index (Phi) is 3.89. The molecule has 0 fully saturated rings. The predicted molar refractivity (Wildman–Crippen MR) is 95.0 cm³/mol. The maximum atomic E-state index is 3.71. The van der Waals surface area contributed by atoms with Gasteiger partial charge in [0.25, 0.3) is 0 Å². The molecule has 0 saturated heterocycles. The first-order valence-corrected chi connectivity index (χ1v) is 9.81. The SMILES string of the molecule is CC(C)CC1(CC(C)C)c2ccsc2-c2sc(Br)cc21. The van der Waals surface area contributed by atoms with Crippen molar-refractivity contribution in [3.8, 4) is 9.75 Å². The van der Waals surface area contributed by atoms with Gasteiger partial charge < -0.3 is 0 Å². The highest BCUT2D eigenvalue weighted by molar-refractivity contribution is 9.11. The van der Waals surface area contributed by atoms with Gasteiger partial charge in [-0.1, -0.05) is 27.7 Å². The van der Waals surface area contributed by atoms with Gasteiger partial charge in [0.1, 0.15) is 0 Å². The van der Waals surface area contributed by atoms with E-state index >= 15 is 0 Å². The summed E-state index contributed by atoms with van der Waals surface area (Å²) in [4.78, 5) is 3.04. The zero-order valence-electron chi connectivity index (χ0n) is 12.5. The molecule has 3 heteroatoms. The van der Waals surface area contributed by atoms with E-state index in [-0.39, 0.29) is 5.41 Å². The van der Waals surface area contributed by atoms with Gasteiger partial charge in [-0.05, 0) is 69.2 Å². The van der Waals surface area contributed by atoms with Crippen LogP contribution in [0.2, 0.25) is 0 Å². The molecule has 0 radical (unpaired) electrons. The van der Waals surface area contributed by atoms with Gasteiger partial charge in [0.2, 0.25) is 0 Å². The lowest BCUT2D eigenvalue weighted by Gasteiger charge is -2.34. The normalized spacial score (nSPS) is 15.9. The van der Waals surface area contributed by atoms with Crippen molar-refractivity contribution in [2.24, 2.45) is 11.8 Å². The first-order chi connectivity index (χ1) is 9.44. The van der Waals surface area contributed by atoms with Gasteiger partial charge in [0.15, 0.2) is 0 Å². The largest absolute Gasteiger partial charge is 0.143 e. The van der Waals surface area contributed by atoms with Crippen LogP contribution in [-0.2, 0) is 5.41 Å². The summed E-state index contributed by atoms with van der Waals surface area (Å²) in [6.07, 6.45) is 2.51. The van der Waals surface area contributed by atoms with Crippen molar-refractivity contribution in [1.82, 2.24) is 0 Å². The fraction of sp³-hybridized carbons (Fsp3) is 0.529. The smallest absolute Gasteiger partial charge is 0.0708 e. The van der Waals surface area contributed by atoms with Gasteiger partial charge in [-0.2, -0.15) is 0 Å². The predicted octanol–water partition coefficient (Wildman–Crippen LogP) is 6.93. The van der Waals surface area contributed by atoms with Crippen LogP contribution in [0.4, 0.5) is 0 Å². The second-order valence-corrected chi connectivity index (χ2v) is 10.1.